The van der Waals surface area contributed by atoms with Crippen LogP contribution in [0.25, 0.3) is 17.2 Å². The standard InChI is InChI=1S/C20H18O2/c1-13-15-9-5-6-10-18(21)20(15)19(14-7-3-2-4-8-14)17-12-22-11-16(13)17/h2-5,7-9H,6,10-12H2,1H3. The maximum Gasteiger partial charge on any atom is 0.164 e. The molecule has 22 heavy (non-hydrogen) atoms. The van der Waals surface area contributed by atoms with Crippen molar-refractivity contribution in [2.24, 2.45) is 0 Å². The quantitative estimate of drug-likeness (QED) is 0.762. The second-order valence-electron chi connectivity index (χ2n) is 5.97. The normalized spacial score (nSPS) is 16.3. The highest BCUT2D eigenvalue weighted by molar-refractivity contribution is 6.07. The zero-order valence-corrected chi connectivity index (χ0v) is 12.7. The van der Waals surface area contributed by atoms with Crippen LogP contribution in [0.2, 0.25) is 0 Å². The molecule has 2 aromatic rings. The van der Waals surface area contributed by atoms with Crippen LogP contribution >= 0.6 is 0 Å². The third kappa shape index (κ3) is 1.95. The molecule has 110 valence electrons. The van der Waals surface area contributed by atoms with E-state index in [1.165, 1.54) is 16.7 Å². The van der Waals surface area contributed by atoms with E-state index in [4.69, 9.17) is 4.74 Å². The Morgan fingerprint density at radius 2 is 1.77 bits per heavy atom. The van der Waals surface area contributed by atoms with Crippen molar-refractivity contribution >= 4 is 11.9 Å². The topological polar surface area (TPSA) is 26.3 Å². The van der Waals surface area contributed by atoms with E-state index in [-0.39, 0.29) is 5.78 Å². The number of allylic oxidation sites excluding steroid dienone is 1. The summed E-state index contributed by atoms with van der Waals surface area (Å²) in [4.78, 5) is 12.8. The molecule has 0 spiro atoms. The van der Waals surface area contributed by atoms with Crippen LogP contribution in [0.3, 0.4) is 0 Å². The maximum absolute atomic E-state index is 12.8. The molecule has 1 aliphatic heterocycles. The van der Waals surface area contributed by atoms with Gasteiger partial charge >= 0.3 is 0 Å². The van der Waals surface area contributed by atoms with Crippen molar-refractivity contribution in [3.8, 4) is 11.1 Å². The van der Waals surface area contributed by atoms with E-state index in [1.807, 2.05) is 18.2 Å². The van der Waals surface area contributed by atoms with Crippen molar-refractivity contribution in [2.45, 2.75) is 33.0 Å². The van der Waals surface area contributed by atoms with Crippen LogP contribution < -0.4 is 0 Å². The van der Waals surface area contributed by atoms with Gasteiger partial charge in [-0.15, -0.1) is 0 Å². The van der Waals surface area contributed by atoms with E-state index in [1.54, 1.807) is 0 Å². The van der Waals surface area contributed by atoms with Gasteiger partial charge in [-0.3, -0.25) is 4.79 Å². The third-order valence-electron chi connectivity index (χ3n) is 4.70. The summed E-state index contributed by atoms with van der Waals surface area (Å²) in [6.07, 6.45) is 5.65. The number of ether oxygens (including phenoxy) is 1. The fourth-order valence-electron chi connectivity index (χ4n) is 3.58. The number of carbonyl (C=O) groups excluding carboxylic acids is 1. The number of ketones is 1. The molecule has 0 saturated heterocycles. The minimum Gasteiger partial charge on any atom is -0.372 e. The second kappa shape index (κ2) is 5.22. The van der Waals surface area contributed by atoms with E-state index >= 15 is 0 Å². The molecule has 0 radical (unpaired) electrons. The predicted molar refractivity (Wildman–Crippen MR) is 87.7 cm³/mol. The van der Waals surface area contributed by atoms with Gasteiger partial charge in [0.1, 0.15) is 0 Å². The monoisotopic (exact) mass is 290 g/mol. The number of carbonyl (C=O) groups is 1. The third-order valence-corrected chi connectivity index (χ3v) is 4.70. The summed E-state index contributed by atoms with van der Waals surface area (Å²) in [7, 11) is 0. The van der Waals surface area contributed by atoms with Crippen LogP contribution in [0, 0.1) is 6.92 Å². The van der Waals surface area contributed by atoms with Crippen molar-refractivity contribution in [1.29, 1.82) is 0 Å². The Balaban J connectivity index is 2.12. The number of benzene rings is 2. The van der Waals surface area contributed by atoms with Crippen LogP contribution in [-0.2, 0) is 18.0 Å². The van der Waals surface area contributed by atoms with Crippen molar-refractivity contribution in [1.82, 2.24) is 0 Å². The highest BCUT2D eigenvalue weighted by Gasteiger charge is 2.28. The molecule has 0 saturated carbocycles. The summed E-state index contributed by atoms with van der Waals surface area (Å²) in [5.74, 6) is 0.247. The Morgan fingerprint density at radius 3 is 2.59 bits per heavy atom. The van der Waals surface area contributed by atoms with Crippen molar-refractivity contribution in [2.75, 3.05) is 0 Å². The van der Waals surface area contributed by atoms with E-state index in [0.717, 1.165) is 28.7 Å². The van der Waals surface area contributed by atoms with Gasteiger partial charge in [0.05, 0.1) is 13.2 Å². The Morgan fingerprint density at radius 1 is 1.00 bits per heavy atom. The van der Waals surface area contributed by atoms with Gasteiger partial charge in [0, 0.05) is 12.0 Å². The summed E-state index contributed by atoms with van der Waals surface area (Å²) >= 11 is 0. The first-order valence-electron chi connectivity index (χ1n) is 7.78. The van der Waals surface area contributed by atoms with E-state index in [2.05, 4.69) is 31.2 Å². The van der Waals surface area contributed by atoms with Crippen LogP contribution in [0.1, 0.15) is 45.5 Å². The Hall–Kier alpha value is -2.19. The SMILES string of the molecule is Cc1c2c(c(-c3ccccc3)c3c1COC3)C(=O)CCC=C2. The summed E-state index contributed by atoms with van der Waals surface area (Å²) in [6.45, 7) is 3.37. The fourth-order valence-corrected chi connectivity index (χ4v) is 3.58. The summed E-state index contributed by atoms with van der Waals surface area (Å²) in [5, 5.41) is 0. The molecule has 2 heteroatoms. The van der Waals surface area contributed by atoms with Crippen LogP contribution in [0.5, 0.6) is 0 Å². The van der Waals surface area contributed by atoms with Crippen LogP contribution in [0.4, 0.5) is 0 Å². The zero-order valence-electron chi connectivity index (χ0n) is 12.7. The lowest BCUT2D eigenvalue weighted by atomic mass is 9.83. The molecule has 1 heterocycles. The lowest BCUT2D eigenvalue weighted by Crippen LogP contribution is -2.08. The fraction of sp³-hybridized carbons (Fsp3) is 0.250. The van der Waals surface area contributed by atoms with Crippen LogP contribution in [-0.4, -0.2) is 5.78 Å². The van der Waals surface area contributed by atoms with Crippen LogP contribution in [0.15, 0.2) is 36.4 Å². The van der Waals surface area contributed by atoms with Gasteiger partial charge in [-0.05, 0) is 46.7 Å². The molecule has 1 aliphatic carbocycles. The van der Waals surface area contributed by atoms with Crippen molar-refractivity contribution < 1.29 is 9.53 Å². The van der Waals surface area contributed by atoms with Gasteiger partial charge in [-0.2, -0.15) is 0 Å². The first-order valence-corrected chi connectivity index (χ1v) is 7.78. The summed E-state index contributed by atoms with van der Waals surface area (Å²) in [5.41, 5.74) is 7.85. The second-order valence-corrected chi connectivity index (χ2v) is 5.97. The van der Waals surface area contributed by atoms with Gasteiger partial charge in [-0.1, -0.05) is 42.5 Å². The number of hydrogen-bond donors (Lipinski definition) is 0. The molecule has 0 atom stereocenters. The van der Waals surface area contributed by atoms with E-state index in [0.29, 0.717) is 19.6 Å². The first kappa shape index (κ1) is 13.5. The number of hydrogen-bond acceptors (Lipinski definition) is 2. The van der Waals surface area contributed by atoms with E-state index < -0.39 is 0 Å². The van der Waals surface area contributed by atoms with Gasteiger partial charge in [-0.25, -0.2) is 0 Å². The van der Waals surface area contributed by atoms with Gasteiger partial charge < -0.3 is 4.74 Å². The molecular formula is C20H18O2. The largest absolute Gasteiger partial charge is 0.372 e. The Bertz CT molecular complexity index is 785. The maximum atomic E-state index is 12.8. The van der Waals surface area contributed by atoms with Gasteiger partial charge in [0.25, 0.3) is 0 Å². The molecule has 0 amide bonds. The lowest BCUT2D eigenvalue weighted by Gasteiger charge is -2.18. The predicted octanol–water partition coefficient (Wildman–Crippen LogP) is 4.68. The Labute approximate surface area is 130 Å². The lowest BCUT2D eigenvalue weighted by molar-refractivity contribution is 0.0984. The average Bonchev–Trinajstić information content (AvgIpc) is 2.95. The molecule has 2 aromatic carbocycles. The number of fused-ring (bicyclic) bond motifs is 2. The molecule has 2 nitrogen and oxygen atoms in total. The number of Topliss-reactive ketones (excluding diaryl/α,β-unsaturated/α-hetero) is 1. The molecular weight excluding hydrogens is 272 g/mol. The molecule has 0 aromatic heterocycles. The highest BCUT2D eigenvalue weighted by atomic mass is 16.5. The molecule has 2 aliphatic rings. The van der Waals surface area contributed by atoms with Gasteiger partial charge in [0.15, 0.2) is 5.78 Å². The summed E-state index contributed by atoms with van der Waals surface area (Å²) in [6, 6.07) is 10.2. The minimum atomic E-state index is 0.247. The zero-order chi connectivity index (χ0) is 15.1. The summed E-state index contributed by atoms with van der Waals surface area (Å²) < 4.78 is 5.71. The molecule has 0 bridgehead atoms. The average molecular weight is 290 g/mol. The molecule has 4 rings (SSSR count). The highest BCUT2D eigenvalue weighted by Crippen LogP contribution is 2.41. The molecule has 0 unspecified atom stereocenters. The van der Waals surface area contributed by atoms with Gasteiger partial charge in [0.2, 0.25) is 0 Å². The minimum absolute atomic E-state index is 0.247. The van der Waals surface area contributed by atoms with E-state index in [9.17, 15) is 4.79 Å². The smallest absolute Gasteiger partial charge is 0.164 e. The molecule has 0 fully saturated rings. The number of rotatable bonds is 1. The first-order chi connectivity index (χ1) is 10.8. The van der Waals surface area contributed by atoms with Crippen molar-refractivity contribution in [3.63, 3.8) is 0 Å². The Kier molecular flexibility index (Phi) is 3.20. The molecule has 0 N–H and O–H groups in total. The van der Waals surface area contributed by atoms with Crippen molar-refractivity contribution in [3.05, 3.63) is 64.2 Å².